The fourth-order valence-corrected chi connectivity index (χ4v) is 1.61. The summed E-state index contributed by atoms with van der Waals surface area (Å²) in [7, 11) is 0. The van der Waals surface area contributed by atoms with Crippen LogP contribution in [0.4, 0.5) is 5.82 Å². The molecule has 2 aromatic rings. The Kier molecular flexibility index (Phi) is 2.21. The number of aromatic nitrogens is 3. The van der Waals surface area contributed by atoms with Gasteiger partial charge in [-0.3, -0.25) is 9.89 Å². The van der Waals surface area contributed by atoms with Gasteiger partial charge in [-0.05, 0) is 19.8 Å². The molecule has 2 N–H and O–H groups in total. The molecule has 6 nitrogen and oxygen atoms in total. The number of amides is 1. The Hall–Kier alpha value is -2.11. The number of nitrogens with zero attached hydrogens (tertiary/aromatic N) is 2. The molecular weight excluding hydrogens is 220 g/mol. The Morgan fingerprint density at radius 2 is 2.41 bits per heavy atom. The topological polar surface area (TPSA) is 83.8 Å². The second kappa shape index (κ2) is 3.73. The summed E-state index contributed by atoms with van der Waals surface area (Å²) in [6.45, 7) is 1.86. The summed E-state index contributed by atoms with van der Waals surface area (Å²) in [6.07, 6.45) is 3.89. The third kappa shape index (κ3) is 1.93. The van der Waals surface area contributed by atoms with Gasteiger partial charge in [-0.15, -0.1) is 0 Å². The molecule has 6 heteroatoms. The third-order valence-electron chi connectivity index (χ3n) is 2.81. The van der Waals surface area contributed by atoms with E-state index in [4.69, 9.17) is 4.52 Å². The fraction of sp³-hybridized carbons (Fsp3) is 0.364. The maximum atomic E-state index is 11.8. The van der Waals surface area contributed by atoms with Crippen LogP contribution in [-0.2, 0) is 0 Å². The molecule has 0 bridgehead atoms. The van der Waals surface area contributed by atoms with E-state index in [2.05, 4.69) is 20.7 Å². The first-order valence-corrected chi connectivity index (χ1v) is 5.52. The highest BCUT2D eigenvalue weighted by atomic mass is 16.5. The first kappa shape index (κ1) is 10.1. The average molecular weight is 232 g/mol. The van der Waals surface area contributed by atoms with Crippen molar-refractivity contribution in [2.45, 2.75) is 25.7 Å². The number of H-pyrrole nitrogens is 1. The predicted molar refractivity (Wildman–Crippen MR) is 59.8 cm³/mol. The lowest BCUT2D eigenvalue weighted by molar-refractivity contribution is 0.101. The number of carbonyl (C=O) groups is 1. The van der Waals surface area contributed by atoms with Gasteiger partial charge in [0, 0.05) is 17.5 Å². The van der Waals surface area contributed by atoms with Gasteiger partial charge < -0.3 is 9.84 Å². The van der Waals surface area contributed by atoms with E-state index in [0.29, 0.717) is 17.4 Å². The van der Waals surface area contributed by atoms with E-state index in [-0.39, 0.29) is 5.91 Å². The van der Waals surface area contributed by atoms with Crippen molar-refractivity contribution in [3.8, 4) is 0 Å². The Morgan fingerprint density at radius 1 is 1.59 bits per heavy atom. The van der Waals surface area contributed by atoms with E-state index in [1.165, 1.54) is 0 Å². The van der Waals surface area contributed by atoms with E-state index >= 15 is 0 Å². The summed E-state index contributed by atoms with van der Waals surface area (Å²) in [6, 6.07) is 1.71. The number of hydrogen-bond acceptors (Lipinski definition) is 4. The molecular formula is C11H12N4O2. The smallest absolute Gasteiger partial charge is 0.278 e. The first-order chi connectivity index (χ1) is 8.24. The van der Waals surface area contributed by atoms with Gasteiger partial charge in [0.2, 0.25) is 0 Å². The van der Waals surface area contributed by atoms with Gasteiger partial charge in [0.15, 0.2) is 5.69 Å². The van der Waals surface area contributed by atoms with Gasteiger partial charge in [0.25, 0.3) is 5.91 Å². The molecule has 0 aromatic carbocycles. The van der Waals surface area contributed by atoms with Crippen LogP contribution in [0, 0.1) is 6.92 Å². The second-order valence-corrected chi connectivity index (χ2v) is 4.27. The van der Waals surface area contributed by atoms with E-state index in [9.17, 15) is 4.79 Å². The van der Waals surface area contributed by atoms with E-state index < -0.39 is 0 Å². The predicted octanol–water partition coefficient (Wildman–Crippen LogP) is 1.84. The highest BCUT2D eigenvalue weighted by Gasteiger charge is 2.28. The zero-order chi connectivity index (χ0) is 11.8. The van der Waals surface area contributed by atoms with Crippen molar-refractivity contribution in [2.75, 3.05) is 5.32 Å². The molecule has 1 aliphatic rings. The van der Waals surface area contributed by atoms with Gasteiger partial charge in [-0.25, -0.2) is 0 Å². The maximum Gasteiger partial charge on any atom is 0.278 e. The van der Waals surface area contributed by atoms with Gasteiger partial charge in [-0.2, -0.15) is 5.10 Å². The van der Waals surface area contributed by atoms with Crippen molar-refractivity contribution in [1.82, 2.24) is 15.4 Å². The number of carbonyl (C=O) groups excluding carboxylic acids is 1. The van der Waals surface area contributed by atoms with Gasteiger partial charge >= 0.3 is 0 Å². The number of rotatable bonds is 3. The highest BCUT2D eigenvalue weighted by molar-refractivity contribution is 6.02. The lowest BCUT2D eigenvalue weighted by Gasteiger charge is -1.99. The second-order valence-electron chi connectivity index (χ2n) is 4.27. The molecule has 0 saturated heterocycles. The molecule has 88 valence electrons. The van der Waals surface area contributed by atoms with Crippen molar-refractivity contribution in [3.63, 3.8) is 0 Å². The SMILES string of the molecule is Cc1cn[nH]c1NC(=O)c1cc(C2CC2)on1. The molecule has 2 aromatic heterocycles. The lowest BCUT2D eigenvalue weighted by atomic mass is 10.2. The standard InChI is InChI=1S/C11H12N4O2/c1-6-5-12-14-10(6)13-11(16)8-4-9(17-15-8)7-2-3-7/h4-5,7H,2-3H2,1H3,(H2,12,13,14,16). The zero-order valence-corrected chi connectivity index (χ0v) is 9.36. The van der Waals surface area contributed by atoms with Gasteiger partial charge in [0.1, 0.15) is 11.6 Å². The summed E-state index contributed by atoms with van der Waals surface area (Å²) >= 11 is 0. The number of aryl methyl sites for hydroxylation is 1. The van der Waals surface area contributed by atoms with Crippen molar-refractivity contribution in [3.05, 3.63) is 29.3 Å². The molecule has 2 heterocycles. The molecule has 1 aliphatic carbocycles. The van der Waals surface area contributed by atoms with Gasteiger partial charge in [-0.1, -0.05) is 5.16 Å². The molecule has 3 rings (SSSR count). The number of nitrogens with one attached hydrogen (secondary N) is 2. The summed E-state index contributed by atoms with van der Waals surface area (Å²) in [5.41, 5.74) is 1.19. The van der Waals surface area contributed by atoms with E-state index in [1.807, 2.05) is 6.92 Å². The van der Waals surface area contributed by atoms with Crippen LogP contribution >= 0.6 is 0 Å². The maximum absolute atomic E-state index is 11.8. The van der Waals surface area contributed by atoms with Crippen molar-refractivity contribution in [1.29, 1.82) is 0 Å². The number of anilines is 1. The average Bonchev–Trinajstić information content (AvgIpc) is 2.91. The Bertz CT molecular complexity index is 553. The lowest BCUT2D eigenvalue weighted by Crippen LogP contribution is -2.13. The highest BCUT2D eigenvalue weighted by Crippen LogP contribution is 2.40. The zero-order valence-electron chi connectivity index (χ0n) is 9.36. The molecule has 1 saturated carbocycles. The summed E-state index contributed by atoms with van der Waals surface area (Å²) in [4.78, 5) is 11.8. The first-order valence-electron chi connectivity index (χ1n) is 5.52. The Morgan fingerprint density at radius 3 is 3.06 bits per heavy atom. The molecule has 0 atom stereocenters. The third-order valence-corrected chi connectivity index (χ3v) is 2.81. The summed E-state index contributed by atoms with van der Waals surface area (Å²) < 4.78 is 5.12. The largest absolute Gasteiger partial charge is 0.360 e. The van der Waals surface area contributed by atoms with Gasteiger partial charge in [0.05, 0.1) is 6.20 Å². The van der Waals surface area contributed by atoms with E-state index in [0.717, 1.165) is 24.2 Å². The number of hydrogen-bond donors (Lipinski definition) is 2. The van der Waals surface area contributed by atoms with Crippen molar-refractivity contribution < 1.29 is 9.32 Å². The molecule has 0 spiro atoms. The fourth-order valence-electron chi connectivity index (χ4n) is 1.61. The Labute approximate surface area is 97.4 Å². The van der Waals surface area contributed by atoms with Crippen LogP contribution in [0.1, 0.15) is 40.6 Å². The van der Waals surface area contributed by atoms with Crippen LogP contribution < -0.4 is 5.32 Å². The van der Waals surface area contributed by atoms with Crippen LogP contribution in [0.15, 0.2) is 16.8 Å². The van der Waals surface area contributed by atoms with Crippen molar-refractivity contribution in [2.24, 2.45) is 0 Å². The van der Waals surface area contributed by atoms with Crippen LogP contribution in [0.5, 0.6) is 0 Å². The van der Waals surface area contributed by atoms with Crippen molar-refractivity contribution >= 4 is 11.7 Å². The van der Waals surface area contributed by atoms with Crippen LogP contribution in [-0.4, -0.2) is 21.3 Å². The molecule has 0 unspecified atom stereocenters. The summed E-state index contributed by atoms with van der Waals surface area (Å²) in [5, 5.41) is 13.0. The van der Waals surface area contributed by atoms with Crippen LogP contribution in [0.25, 0.3) is 0 Å². The normalized spacial score (nSPS) is 14.9. The number of aromatic amines is 1. The van der Waals surface area contributed by atoms with E-state index in [1.54, 1.807) is 12.3 Å². The monoisotopic (exact) mass is 232 g/mol. The minimum Gasteiger partial charge on any atom is -0.360 e. The molecule has 0 aliphatic heterocycles. The molecule has 1 amide bonds. The molecule has 17 heavy (non-hydrogen) atoms. The minimum absolute atomic E-state index is 0.284. The quantitative estimate of drug-likeness (QED) is 0.845. The van der Waals surface area contributed by atoms with Crippen LogP contribution in [0.2, 0.25) is 0 Å². The molecule has 0 radical (unpaired) electrons. The molecule has 1 fully saturated rings. The minimum atomic E-state index is -0.284. The Balaban J connectivity index is 1.74. The summed E-state index contributed by atoms with van der Waals surface area (Å²) in [5.74, 6) is 1.56. The van der Waals surface area contributed by atoms with Crippen LogP contribution in [0.3, 0.4) is 0 Å².